The van der Waals surface area contributed by atoms with Crippen LogP contribution < -0.4 is 10.9 Å². The van der Waals surface area contributed by atoms with Gasteiger partial charge in [0.15, 0.2) is 5.16 Å². The molecule has 1 heterocycles. The summed E-state index contributed by atoms with van der Waals surface area (Å²) in [6.45, 7) is 3.94. The molecule has 1 N–H and O–H groups in total. The summed E-state index contributed by atoms with van der Waals surface area (Å²) in [5.74, 6) is -0.677. The minimum Gasteiger partial charge on any atom is -0.465 e. The summed E-state index contributed by atoms with van der Waals surface area (Å²) in [6, 6.07) is 19.5. The van der Waals surface area contributed by atoms with Gasteiger partial charge in [0.2, 0.25) is 5.91 Å². The van der Waals surface area contributed by atoms with Crippen LogP contribution in [-0.4, -0.2) is 34.3 Å². The molecule has 3 aromatic carbocycles. The SMILES string of the molecule is COC(=O)c1ccc2c(=O)n(-c3ccccc3)c(SCC(=O)Nc3cccc(C)c3C)nc2c1. The van der Waals surface area contributed by atoms with Crippen molar-refractivity contribution in [3.63, 3.8) is 0 Å². The molecule has 0 fully saturated rings. The van der Waals surface area contributed by atoms with Crippen molar-refractivity contribution < 1.29 is 14.3 Å². The van der Waals surface area contributed by atoms with Crippen molar-refractivity contribution in [1.82, 2.24) is 9.55 Å². The molecule has 0 unspecified atom stereocenters. The lowest BCUT2D eigenvalue weighted by Gasteiger charge is -2.14. The maximum atomic E-state index is 13.4. The number of hydrogen-bond donors (Lipinski definition) is 1. The molecule has 0 saturated carbocycles. The molecular weight excluding hydrogens is 450 g/mol. The monoisotopic (exact) mass is 473 g/mol. The zero-order valence-corrected chi connectivity index (χ0v) is 19.8. The molecule has 4 rings (SSSR count). The third kappa shape index (κ3) is 4.72. The van der Waals surface area contributed by atoms with Gasteiger partial charge in [-0.1, -0.05) is 42.1 Å². The zero-order valence-electron chi connectivity index (χ0n) is 19.0. The first kappa shape index (κ1) is 23.3. The van der Waals surface area contributed by atoms with E-state index in [0.717, 1.165) is 28.6 Å². The number of carbonyl (C=O) groups is 2. The number of benzene rings is 3. The van der Waals surface area contributed by atoms with Gasteiger partial charge in [-0.05, 0) is 61.4 Å². The van der Waals surface area contributed by atoms with Gasteiger partial charge in [-0.25, -0.2) is 9.78 Å². The lowest BCUT2D eigenvalue weighted by atomic mass is 10.1. The fraction of sp³-hybridized carbons (Fsp3) is 0.154. The lowest BCUT2D eigenvalue weighted by molar-refractivity contribution is -0.113. The molecule has 7 nitrogen and oxygen atoms in total. The number of ether oxygens (including phenoxy) is 1. The Morgan fingerprint density at radius 3 is 2.53 bits per heavy atom. The van der Waals surface area contributed by atoms with E-state index in [1.807, 2.05) is 50.2 Å². The number of rotatable bonds is 6. The number of methoxy groups -OCH3 is 1. The van der Waals surface area contributed by atoms with Gasteiger partial charge in [-0.3, -0.25) is 14.2 Å². The van der Waals surface area contributed by atoms with Gasteiger partial charge in [0.25, 0.3) is 5.56 Å². The van der Waals surface area contributed by atoms with Crippen molar-refractivity contribution in [1.29, 1.82) is 0 Å². The average molecular weight is 474 g/mol. The van der Waals surface area contributed by atoms with Crippen molar-refractivity contribution in [3.8, 4) is 5.69 Å². The maximum Gasteiger partial charge on any atom is 0.337 e. The van der Waals surface area contributed by atoms with Crippen LogP contribution in [0.5, 0.6) is 0 Å². The molecule has 0 spiro atoms. The van der Waals surface area contributed by atoms with E-state index in [4.69, 9.17) is 4.74 Å². The van der Waals surface area contributed by atoms with Crippen molar-refractivity contribution in [2.24, 2.45) is 0 Å². The highest BCUT2D eigenvalue weighted by atomic mass is 32.2. The van der Waals surface area contributed by atoms with Gasteiger partial charge >= 0.3 is 5.97 Å². The van der Waals surface area contributed by atoms with E-state index in [2.05, 4.69) is 10.3 Å². The Balaban J connectivity index is 1.71. The minimum atomic E-state index is -0.516. The van der Waals surface area contributed by atoms with Crippen LogP contribution in [0.3, 0.4) is 0 Å². The molecule has 34 heavy (non-hydrogen) atoms. The normalized spacial score (nSPS) is 10.8. The molecule has 0 radical (unpaired) electrons. The first-order chi connectivity index (χ1) is 16.4. The predicted octanol–water partition coefficient (Wildman–Crippen LogP) is 4.52. The van der Waals surface area contributed by atoms with Crippen LogP contribution in [0.25, 0.3) is 16.6 Å². The summed E-state index contributed by atoms with van der Waals surface area (Å²) >= 11 is 1.15. The van der Waals surface area contributed by atoms with Crippen molar-refractivity contribution in [2.75, 3.05) is 18.2 Å². The number of aryl methyl sites for hydroxylation is 1. The first-order valence-electron chi connectivity index (χ1n) is 10.6. The van der Waals surface area contributed by atoms with E-state index in [0.29, 0.717) is 27.3 Å². The third-order valence-electron chi connectivity index (χ3n) is 5.49. The standard InChI is InChI=1S/C26H23N3O4S/c1-16-8-7-11-21(17(16)2)27-23(30)15-34-26-28-22-14-18(25(32)33-3)12-13-20(22)24(31)29(26)19-9-5-4-6-10-19/h4-14H,15H2,1-3H3,(H,27,30). The Labute approximate surface area is 200 Å². The van der Waals surface area contributed by atoms with Crippen molar-refractivity contribution >= 4 is 40.2 Å². The number of nitrogens with one attached hydrogen (secondary N) is 1. The number of para-hydroxylation sites is 1. The highest BCUT2D eigenvalue weighted by Gasteiger charge is 2.17. The summed E-state index contributed by atoms with van der Waals surface area (Å²) in [7, 11) is 1.29. The molecule has 172 valence electrons. The van der Waals surface area contributed by atoms with E-state index < -0.39 is 5.97 Å². The Morgan fingerprint density at radius 1 is 1.03 bits per heavy atom. The Kier molecular flexibility index (Phi) is 6.79. The van der Waals surface area contributed by atoms with Gasteiger partial charge < -0.3 is 10.1 Å². The second kappa shape index (κ2) is 9.93. The van der Waals surface area contributed by atoms with Gasteiger partial charge in [0, 0.05) is 5.69 Å². The van der Waals surface area contributed by atoms with Gasteiger partial charge in [-0.2, -0.15) is 0 Å². The number of nitrogens with zero attached hydrogens (tertiary/aromatic N) is 2. The number of aromatic nitrogens is 2. The predicted molar refractivity (Wildman–Crippen MR) is 134 cm³/mol. The van der Waals surface area contributed by atoms with Gasteiger partial charge in [0.05, 0.1) is 35.0 Å². The van der Waals surface area contributed by atoms with Crippen LogP contribution in [0.15, 0.2) is 76.7 Å². The summed E-state index contributed by atoms with van der Waals surface area (Å²) in [6.07, 6.45) is 0. The zero-order chi connectivity index (χ0) is 24.2. The molecule has 0 aliphatic carbocycles. The number of amides is 1. The highest BCUT2D eigenvalue weighted by Crippen LogP contribution is 2.23. The maximum absolute atomic E-state index is 13.4. The molecule has 1 aromatic heterocycles. The van der Waals surface area contributed by atoms with Gasteiger partial charge in [0.1, 0.15) is 0 Å². The second-order valence-electron chi connectivity index (χ2n) is 7.68. The molecule has 0 aliphatic heterocycles. The van der Waals surface area contributed by atoms with Crippen molar-refractivity contribution in [2.45, 2.75) is 19.0 Å². The number of fused-ring (bicyclic) bond motifs is 1. The number of thioether (sulfide) groups is 1. The fourth-order valence-electron chi connectivity index (χ4n) is 3.51. The quantitative estimate of drug-likeness (QED) is 0.252. The number of anilines is 1. The fourth-order valence-corrected chi connectivity index (χ4v) is 4.33. The van der Waals surface area contributed by atoms with E-state index >= 15 is 0 Å². The second-order valence-corrected chi connectivity index (χ2v) is 8.62. The Bertz CT molecular complexity index is 1450. The molecule has 0 aliphatic rings. The molecule has 4 aromatic rings. The third-order valence-corrected chi connectivity index (χ3v) is 6.42. The minimum absolute atomic E-state index is 0.0505. The molecule has 1 amide bonds. The molecule has 8 heteroatoms. The van der Waals surface area contributed by atoms with E-state index in [-0.39, 0.29) is 17.2 Å². The molecule has 0 atom stereocenters. The summed E-state index contributed by atoms with van der Waals surface area (Å²) in [5, 5.41) is 3.64. The van der Waals surface area contributed by atoms with E-state index in [9.17, 15) is 14.4 Å². The summed E-state index contributed by atoms with van der Waals surface area (Å²) < 4.78 is 6.27. The van der Waals surface area contributed by atoms with Crippen LogP contribution in [0.1, 0.15) is 21.5 Å². The molecule has 0 bridgehead atoms. The van der Waals surface area contributed by atoms with Crippen molar-refractivity contribution in [3.05, 3.63) is 93.8 Å². The van der Waals surface area contributed by atoms with Crippen LogP contribution in [0.2, 0.25) is 0 Å². The Morgan fingerprint density at radius 2 is 1.79 bits per heavy atom. The topological polar surface area (TPSA) is 90.3 Å². The first-order valence-corrected chi connectivity index (χ1v) is 11.6. The Hall–Kier alpha value is -3.91. The number of carbonyl (C=O) groups excluding carboxylic acids is 2. The van der Waals surface area contributed by atoms with E-state index in [1.165, 1.54) is 23.8 Å². The van der Waals surface area contributed by atoms with E-state index in [1.54, 1.807) is 18.2 Å². The van der Waals surface area contributed by atoms with Crippen LogP contribution in [0, 0.1) is 13.8 Å². The van der Waals surface area contributed by atoms with Crippen LogP contribution >= 0.6 is 11.8 Å². The number of hydrogen-bond acceptors (Lipinski definition) is 6. The highest BCUT2D eigenvalue weighted by molar-refractivity contribution is 7.99. The smallest absolute Gasteiger partial charge is 0.337 e. The lowest BCUT2D eigenvalue weighted by Crippen LogP contribution is -2.23. The summed E-state index contributed by atoms with van der Waals surface area (Å²) in [4.78, 5) is 42.7. The van der Waals surface area contributed by atoms with Crippen LogP contribution in [0.4, 0.5) is 5.69 Å². The molecular formula is C26H23N3O4S. The van der Waals surface area contributed by atoms with Crippen LogP contribution in [-0.2, 0) is 9.53 Å². The molecule has 0 saturated heterocycles. The summed E-state index contributed by atoms with van der Waals surface area (Å²) in [5.41, 5.74) is 3.84. The van der Waals surface area contributed by atoms with Gasteiger partial charge in [-0.15, -0.1) is 0 Å². The largest absolute Gasteiger partial charge is 0.465 e. The average Bonchev–Trinajstić information content (AvgIpc) is 2.85. The number of esters is 1.